The highest BCUT2D eigenvalue weighted by Gasteiger charge is 2.22. The van der Waals surface area contributed by atoms with Crippen molar-refractivity contribution in [3.63, 3.8) is 0 Å². The summed E-state index contributed by atoms with van der Waals surface area (Å²) in [5, 5.41) is 4.62. The number of aromatic nitrogens is 2. The van der Waals surface area contributed by atoms with Crippen molar-refractivity contribution >= 4 is 21.4 Å². The van der Waals surface area contributed by atoms with Crippen molar-refractivity contribution in [2.75, 3.05) is 38.5 Å². The third-order valence-corrected chi connectivity index (χ3v) is 7.41. The van der Waals surface area contributed by atoms with Crippen LogP contribution in [-0.4, -0.2) is 66.8 Å². The average Bonchev–Trinajstić information content (AvgIpc) is 3.22. The largest absolute Gasteiger partial charge is 0.338 e. The summed E-state index contributed by atoms with van der Waals surface area (Å²) < 4.78 is 30.5. The number of hydrogen-bond donors (Lipinski definition) is 0. The molecule has 1 aliphatic rings. The predicted octanol–water partition coefficient (Wildman–Crippen LogP) is 3.29. The van der Waals surface area contributed by atoms with Crippen LogP contribution in [0.5, 0.6) is 0 Å². The molecule has 164 valence electrons. The molecule has 0 spiro atoms. The van der Waals surface area contributed by atoms with Crippen molar-refractivity contribution in [1.29, 1.82) is 0 Å². The smallest absolute Gasteiger partial charge is 0.241 e. The van der Waals surface area contributed by atoms with E-state index in [2.05, 4.69) is 19.9 Å². The Hall–Kier alpha value is -2.26. The number of hydrogen-bond acceptors (Lipinski definition) is 7. The van der Waals surface area contributed by atoms with Crippen LogP contribution >= 0.6 is 11.6 Å². The number of aryl methyl sites for hydroxylation is 1. The summed E-state index contributed by atoms with van der Waals surface area (Å²) >= 11 is 5.85. The topological polar surface area (TPSA) is 79.5 Å². The highest BCUT2D eigenvalue weighted by atomic mass is 35.5. The molecule has 0 atom stereocenters. The van der Waals surface area contributed by atoms with E-state index in [1.54, 1.807) is 24.3 Å². The lowest BCUT2D eigenvalue weighted by atomic mass is 10.1. The van der Waals surface area contributed by atoms with E-state index in [0.717, 1.165) is 31.7 Å². The van der Waals surface area contributed by atoms with Crippen molar-refractivity contribution in [2.24, 2.45) is 0 Å². The summed E-state index contributed by atoms with van der Waals surface area (Å²) in [5.74, 6) is 1.29. The second-order valence-electron chi connectivity index (χ2n) is 7.77. The van der Waals surface area contributed by atoms with Gasteiger partial charge in [0.15, 0.2) is 9.84 Å². The Bertz CT molecular complexity index is 1110. The maximum atomic E-state index is 12.5. The zero-order valence-electron chi connectivity index (χ0n) is 17.4. The van der Waals surface area contributed by atoms with Crippen LogP contribution in [0, 0.1) is 6.92 Å². The van der Waals surface area contributed by atoms with Gasteiger partial charge in [0.1, 0.15) is 0 Å². The molecule has 9 heteroatoms. The van der Waals surface area contributed by atoms with Gasteiger partial charge in [-0.25, -0.2) is 8.42 Å². The van der Waals surface area contributed by atoms with Gasteiger partial charge < -0.3 is 4.52 Å². The van der Waals surface area contributed by atoms with Crippen LogP contribution in [0.2, 0.25) is 5.02 Å². The highest BCUT2D eigenvalue weighted by Crippen LogP contribution is 2.18. The molecule has 0 bridgehead atoms. The predicted molar refractivity (Wildman–Crippen MR) is 120 cm³/mol. The second kappa shape index (κ2) is 9.48. The summed E-state index contributed by atoms with van der Waals surface area (Å²) in [6.45, 7) is 6.39. The first-order valence-electron chi connectivity index (χ1n) is 10.2. The third kappa shape index (κ3) is 5.71. The number of rotatable bonds is 7. The van der Waals surface area contributed by atoms with Gasteiger partial charge >= 0.3 is 0 Å². The molecule has 3 aromatic rings. The minimum Gasteiger partial charge on any atom is -0.338 e. The molecular weight excluding hydrogens is 436 g/mol. The van der Waals surface area contributed by atoms with E-state index in [4.69, 9.17) is 16.1 Å². The molecule has 1 aliphatic heterocycles. The molecule has 0 N–H and O–H groups in total. The molecule has 2 heterocycles. The molecule has 1 aromatic heterocycles. The third-order valence-electron chi connectivity index (χ3n) is 5.45. The minimum atomic E-state index is -3.31. The minimum absolute atomic E-state index is 0.0954. The van der Waals surface area contributed by atoms with E-state index in [1.165, 1.54) is 5.56 Å². The Morgan fingerprint density at radius 1 is 0.968 bits per heavy atom. The first kappa shape index (κ1) is 22.0. The summed E-state index contributed by atoms with van der Waals surface area (Å²) in [6.07, 6.45) is 0. The van der Waals surface area contributed by atoms with Gasteiger partial charge in [-0.05, 0) is 31.2 Å². The van der Waals surface area contributed by atoms with Crippen LogP contribution in [-0.2, 0) is 16.4 Å². The molecule has 7 nitrogen and oxygen atoms in total. The molecule has 0 aliphatic carbocycles. The van der Waals surface area contributed by atoms with E-state index in [0.29, 0.717) is 34.7 Å². The van der Waals surface area contributed by atoms with Gasteiger partial charge in [0.25, 0.3) is 0 Å². The van der Waals surface area contributed by atoms with Gasteiger partial charge in [-0.15, -0.1) is 0 Å². The Morgan fingerprint density at radius 3 is 2.29 bits per heavy atom. The molecule has 4 rings (SSSR count). The van der Waals surface area contributed by atoms with Crippen LogP contribution in [0.15, 0.2) is 57.9 Å². The van der Waals surface area contributed by atoms with Crippen molar-refractivity contribution in [2.45, 2.75) is 18.4 Å². The SMILES string of the molecule is Cc1ccc(-c2noc(CN3CCN(CCS(=O)(=O)c4ccc(Cl)cc4)CC3)n2)cc1. The maximum Gasteiger partial charge on any atom is 0.241 e. The van der Waals surface area contributed by atoms with Crippen LogP contribution in [0.1, 0.15) is 11.5 Å². The fourth-order valence-electron chi connectivity index (χ4n) is 3.51. The van der Waals surface area contributed by atoms with Crippen LogP contribution in [0.3, 0.4) is 0 Å². The Morgan fingerprint density at radius 2 is 1.61 bits per heavy atom. The number of nitrogens with zero attached hydrogens (tertiary/aromatic N) is 4. The first-order chi connectivity index (χ1) is 14.9. The van der Waals surface area contributed by atoms with E-state index in [-0.39, 0.29) is 5.75 Å². The van der Waals surface area contributed by atoms with Gasteiger partial charge in [0, 0.05) is 43.3 Å². The summed E-state index contributed by atoms with van der Waals surface area (Å²) in [5.41, 5.74) is 2.12. The molecular formula is C22H25ClN4O3S. The number of halogens is 1. The molecule has 0 unspecified atom stereocenters. The van der Waals surface area contributed by atoms with Crippen molar-refractivity contribution in [3.05, 3.63) is 65.0 Å². The van der Waals surface area contributed by atoms with Crippen molar-refractivity contribution in [3.8, 4) is 11.4 Å². The summed E-state index contributed by atoms with van der Waals surface area (Å²) in [7, 11) is -3.31. The summed E-state index contributed by atoms with van der Waals surface area (Å²) in [4.78, 5) is 9.25. The van der Waals surface area contributed by atoms with Gasteiger partial charge in [-0.3, -0.25) is 9.80 Å². The first-order valence-corrected chi connectivity index (χ1v) is 12.2. The number of benzene rings is 2. The van der Waals surface area contributed by atoms with E-state index in [9.17, 15) is 8.42 Å². The van der Waals surface area contributed by atoms with Crippen molar-refractivity contribution < 1.29 is 12.9 Å². The van der Waals surface area contributed by atoms with Crippen LogP contribution in [0.25, 0.3) is 11.4 Å². The lowest BCUT2D eigenvalue weighted by Crippen LogP contribution is -2.47. The lowest BCUT2D eigenvalue weighted by Gasteiger charge is -2.33. The van der Waals surface area contributed by atoms with Gasteiger partial charge in [-0.1, -0.05) is 46.6 Å². The number of sulfone groups is 1. The van der Waals surface area contributed by atoms with Gasteiger partial charge in [0.05, 0.1) is 17.2 Å². The molecule has 0 saturated carbocycles. The summed E-state index contributed by atoms with van der Waals surface area (Å²) in [6, 6.07) is 14.4. The lowest BCUT2D eigenvalue weighted by molar-refractivity contribution is 0.121. The van der Waals surface area contributed by atoms with E-state index in [1.807, 2.05) is 31.2 Å². The van der Waals surface area contributed by atoms with Crippen LogP contribution < -0.4 is 0 Å². The molecule has 2 aromatic carbocycles. The number of piperazine rings is 1. The maximum absolute atomic E-state index is 12.5. The normalized spacial score (nSPS) is 15.9. The molecule has 0 amide bonds. The van der Waals surface area contributed by atoms with Gasteiger partial charge in [0.2, 0.25) is 11.7 Å². The van der Waals surface area contributed by atoms with E-state index < -0.39 is 9.84 Å². The van der Waals surface area contributed by atoms with Crippen LogP contribution in [0.4, 0.5) is 0 Å². The molecule has 31 heavy (non-hydrogen) atoms. The second-order valence-corrected chi connectivity index (χ2v) is 10.3. The fourth-order valence-corrected chi connectivity index (χ4v) is 4.92. The Balaban J connectivity index is 1.25. The zero-order valence-corrected chi connectivity index (χ0v) is 18.9. The van der Waals surface area contributed by atoms with Crippen molar-refractivity contribution in [1.82, 2.24) is 19.9 Å². The standard InChI is InChI=1S/C22H25ClN4O3S/c1-17-2-4-18(5-3-17)22-24-21(30-25-22)16-27-12-10-26(11-13-27)14-15-31(28,29)20-8-6-19(23)7-9-20/h2-9H,10-16H2,1H3. The quantitative estimate of drug-likeness (QED) is 0.535. The monoisotopic (exact) mass is 460 g/mol. The molecule has 0 radical (unpaired) electrons. The zero-order chi connectivity index (χ0) is 21.8. The van der Waals surface area contributed by atoms with E-state index >= 15 is 0 Å². The Kier molecular flexibility index (Phi) is 6.71. The molecule has 1 fully saturated rings. The average molecular weight is 461 g/mol. The van der Waals surface area contributed by atoms with Gasteiger partial charge in [-0.2, -0.15) is 4.98 Å². The Labute approximate surface area is 187 Å². The fraction of sp³-hybridized carbons (Fsp3) is 0.364. The molecule has 1 saturated heterocycles. The highest BCUT2D eigenvalue weighted by molar-refractivity contribution is 7.91.